The zero-order valence-electron chi connectivity index (χ0n) is 20.1. The van der Waals surface area contributed by atoms with E-state index in [0.29, 0.717) is 22.7 Å². The van der Waals surface area contributed by atoms with Crippen LogP contribution in [-0.2, 0) is 26.0 Å². The maximum atomic E-state index is 13.7. The molecule has 3 N–H and O–H groups in total. The molecule has 0 radical (unpaired) electrons. The molecular formula is C25H27N3O7S. The molecule has 3 aromatic rings. The van der Waals surface area contributed by atoms with Crippen LogP contribution >= 0.6 is 0 Å². The molecule has 0 saturated carbocycles. The molecule has 0 fully saturated rings. The number of rotatable bonds is 11. The normalized spacial score (nSPS) is 10.9. The van der Waals surface area contributed by atoms with Gasteiger partial charge in [-0.05, 0) is 54.1 Å². The first-order valence-electron chi connectivity index (χ1n) is 10.7. The molecule has 0 aliphatic carbocycles. The summed E-state index contributed by atoms with van der Waals surface area (Å²) >= 11 is 0. The third kappa shape index (κ3) is 6.25. The van der Waals surface area contributed by atoms with Crippen LogP contribution in [0.5, 0.6) is 17.2 Å². The molecule has 0 aliphatic rings. The van der Waals surface area contributed by atoms with Gasteiger partial charge in [-0.1, -0.05) is 12.1 Å². The van der Waals surface area contributed by atoms with Crippen LogP contribution in [0.15, 0.2) is 71.6 Å². The second-order valence-corrected chi connectivity index (χ2v) is 9.48. The van der Waals surface area contributed by atoms with E-state index in [1.165, 1.54) is 39.5 Å². The number of ether oxygens (including phenoxy) is 3. The number of methoxy groups -OCH3 is 3. The van der Waals surface area contributed by atoms with Gasteiger partial charge in [0, 0.05) is 11.8 Å². The number of nitrogens with one attached hydrogen (secondary N) is 1. The minimum Gasteiger partial charge on any atom is -0.497 e. The summed E-state index contributed by atoms with van der Waals surface area (Å²) in [7, 11) is 0.147. The van der Waals surface area contributed by atoms with Gasteiger partial charge in [0.05, 0.1) is 38.3 Å². The van der Waals surface area contributed by atoms with Gasteiger partial charge in [-0.3, -0.25) is 13.9 Å². The summed E-state index contributed by atoms with van der Waals surface area (Å²) < 4.78 is 43.9. The van der Waals surface area contributed by atoms with Crippen molar-refractivity contribution in [2.24, 2.45) is 5.73 Å². The first-order valence-corrected chi connectivity index (χ1v) is 12.2. The Morgan fingerprint density at radius 3 is 2.06 bits per heavy atom. The van der Waals surface area contributed by atoms with Gasteiger partial charge >= 0.3 is 0 Å². The molecule has 11 heteroatoms. The molecule has 0 unspecified atom stereocenters. The summed E-state index contributed by atoms with van der Waals surface area (Å²) in [5, 5.41) is 2.68. The highest BCUT2D eigenvalue weighted by Crippen LogP contribution is 2.32. The maximum absolute atomic E-state index is 13.7. The SMILES string of the molecule is COc1ccc(N(CC(=O)Nc2ccc(CC(N)=O)cc2)S(=O)(=O)c2ccc(OC)c(OC)c2)cc1. The summed E-state index contributed by atoms with van der Waals surface area (Å²) in [6, 6.07) is 17.0. The first-order chi connectivity index (χ1) is 17.2. The fourth-order valence-electron chi connectivity index (χ4n) is 3.41. The lowest BCUT2D eigenvalue weighted by atomic mass is 10.1. The van der Waals surface area contributed by atoms with Crippen molar-refractivity contribution in [3.63, 3.8) is 0 Å². The summed E-state index contributed by atoms with van der Waals surface area (Å²) in [6.07, 6.45) is 0.0725. The fourth-order valence-corrected chi connectivity index (χ4v) is 4.84. The van der Waals surface area contributed by atoms with Gasteiger partial charge < -0.3 is 25.3 Å². The Morgan fingerprint density at radius 1 is 0.861 bits per heavy atom. The topological polar surface area (TPSA) is 137 Å². The number of nitrogens with zero attached hydrogens (tertiary/aromatic N) is 1. The Morgan fingerprint density at radius 2 is 1.50 bits per heavy atom. The number of benzene rings is 3. The van der Waals surface area contributed by atoms with Crippen molar-refractivity contribution >= 4 is 33.2 Å². The highest BCUT2D eigenvalue weighted by atomic mass is 32.2. The van der Waals surface area contributed by atoms with E-state index in [-0.39, 0.29) is 22.8 Å². The number of sulfonamides is 1. The summed E-state index contributed by atoms with van der Waals surface area (Å²) in [5.74, 6) is 0.0845. The Kier molecular flexibility index (Phi) is 8.38. The zero-order chi connectivity index (χ0) is 26.3. The van der Waals surface area contributed by atoms with Crippen molar-refractivity contribution in [2.45, 2.75) is 11.3 Å². The Hall–Kier alpha value is -4.25. The minimum atomic E-state index is -4.19. The largest absolute Gasteiger partial charge is 0.497 e. The van der Waals surface area contributed by atoms with Crippen LogP contribution in [-0.4, -0.2) is 48.1 Å². The van der Waals surface area contributed by atoms with Crippen molar-refractivity contribution in [1.82, 2.24) is 0 Å². The first kappa shape index (κ1) is 26.4. The van der Waals surface area contributed by atoms with Crippen LogP contribution in [0.1, 0.15) is 5.56 Å². The van der Waals surface area contributed by atoms with E-state index < -0.39 is 28.4 Å². The molecule has 36 heavy (non-hydrogen) atoms. The van der Waals surface area contributed by atoms with Gasteiger partial charge in [0.1, 0.15) is 12.3 Å². The molecule has 0 spiro atoms. The van der Waals surface area contributed by atoms with E-state index in [0.717, 1.165) is 4.31 Å². The fraction of sp³-hybridized carbons (Fsp3) is 0.200. The molecule has 190 valence electrons. The highest BCUT2D eigenvalue weighted by Gasteiger charge is 2.28. The predicted octanol–water partition coefficient (Wildman–Crippen LogP) is 2.57. The Labute approximate surface area is 209 Å². The number of hydrogen-bond acceptors (Lipinski definition) is 7. The van der Waals surface area contributed by atoms with Crippen LogP contribution in [0, 0.1) is 0 Å². The minimum absolute atomic E-state index is 0.0725. The zero-order valence-corrected chi connectivity index (χ0v) is 20.9. The van der Waals surface area contributed by atoms with Crippen LogP contribution in [0.25, 0.3) is 0 Å². The van der Waals surface area contributed by atoms with E-state index in [9.17, 15) is 18.0 Å². The highest BCUT2D eigenvalue weighted by molar-refractivity contribution is 7.92. The monoisotopic (exact) mass is 513 g/mol. The van der Waals surface area contributed by atoms with E-state index in [1.54, 1.807) is 48.5 Å². The van der Waals surface area contributed by atoms with Gasteiger partial charge in [0.25, 0.3) is 10.0 Å². The van der Waals surface area contributed by atoms with E-state index in [4.69, 9.17) is 19.9 Å². The lowest BCUT2D eigenvalue weighted by Gasteiger charge is -2.24. The quantitative estimate of drug-likeness (QED) is 0.402. The number of carbonyl (C=O) groups excluding carboxylic acids is 2. The molecule has 0 atom stereocenters. The number of nitrogens with two attached hydrogens (primary N) is 1. The van der Waals surface area contributed by atoms with Crippen LogP contribution in [0.3, 0.4) is 0 Å². The van der Waals surface area contributed by atoms with Crippen LogP contribution < -0.4 is 29.6 Å². The second kappa shape index (κ2) is 11.5. The molecule has 10 nitrogen and oxygen atoms in total. The molecule has 0 aliphatic heterocycles. The molecule has 0 heterocycles. The van der Waals surface area contributed by atoms with Crippen molar-refractivity contribution in [1.29, 1.82) is 0 Å². The molecule has 0 saturated heterocycles. The summed E-state index contributed by atoms with van der Waals surface area (Å²) in [6.45, 7) is -0.508. The van der Waals surface area contributed by atoms with Gasteiger partial charge in [0.2, 0.25) is 11.8 Å². The van der Waals surface area contributed by atoms with Gasteiger partial charge in [-0.15, -0.1) is 0 Å². The maximum Gasteiger partial charge on any atom is 0.264 e. The number of amides is 2. The molecule has 2 amide bonds. The van der Waals surface area contributed by atoms with Gasteiger partial charge in [-0.2, -0.15) is 0 Å². The van der Waals surface area contributed by atoms with Crippen molar-refractivity contribution < 1.29 is 32.2 Å². The number of primary amides is 1. The Balaban J connectivity index is 1.92. The standard InChI is InChI=1S/C25H27N3O7S/c1-33-20-10-8-19(9-11-20)28(36(31,32)21-12-13-22(34-2)23(15-21)35-3)16-25(30)27-18-6-4-17(5-7-18)14-24(26)29/h4-13,15H,14,16H2,1-3H3,(H2,26,29)(H,27,30). The van der Waals surface area contributed by atoms with Crippen molar-refractivity contribution in [3.05, 3.63) is 72.3 Å². The van der Waals surface area contributed by atoms with E-state index in [2.05, 4.69) is 5.32 Å². The molecule has 3 rings (SSSR count). The lowest BCUT2D eigenvalue weighted by molar-refractivity contribution is -0.117. The van der Waals surface area contributed by atoms with Crippen molar-refractivity contribution in [3.8, 4) is 17.2 Å². The Bertz CT molecular complexity index is 1320. The van der Waals surface area contributed by atoms with Crippen LogP contribution in [0.2, 0.25) is 0 Å². The lowest BCUT2D eigenvalue weighted by Crippen LogP contribution is -2.38. The second-order valence-electron chi connectivity index (χ2n) is 7.61. The predicted molar refractivity (Wildman–Crippen MR) is 135 cm³/mol. The molecular weight excluding hydrogens is 486 g/mol. The van der Waals surface area contributed by atoms with Crippen molar-refractivity contribution in [2.75, 3.05) is 37.5 Å². The molecule has 3 aromatic carbocycles. The molecule has 0 aromatic heterocycles. The average molecular weight is 514 g/mol. The number of carbonyl (C=O) groups is 2. The third-order valence-electron chi connectivity index (χ3n) is 5.21. The van der Waals surface area contributed by atoms with Gasteiger partial charge in [-0.25, -0.2) is 8.42 Å². The smallest absolute Gasteiger partial charge is 0.264 e. The number of anilines is 2. The average Bonchev–Trinajstić information content (AvgIpc) is 2.87. The third-order valence-corrected chi connectivity index (χ3v) is 6.98. The summed E-state index contributed by atoms with van der Waals surface area (Å²) in [4.78, 5) is 23.9. The van der Waals surface area contributed by atoms with E-state index >= 15 is 0 Å². The van der Waals surface area contributed by atoms with E-state index in [1.807, 2.05) is 0 Å². The number of hydrogen-bond donors (Lipinski definition) is 2. The summed E-state index contributed by atoms with van der Waals surface area (Å²) in [5.41, 5.74) is 6.59. The van der Waals surface area contributed by atoms with Gasteiger partial charge in [0.15, 0.2) is 11.5 Å². The molecule has 0 bridgehead atoms. The van der Waals surface area contributed by atoms with Crippen LogP contribution in [0.4, 0.5) is 11.4 Å².